The molecule has 2 aromatic heterocycles. The van der Waals surface area contributed by atoms with E-state index in [1.54, 1.807) is 24.3 Å². The largest absolute Gasteiger partial charge is 0.483 e. The average molecular weight is 592 g/mol. The van der Waals surface area contributed by atoms with Crippen LogP contribution in [0.4, 0.5) is 4.39 Å². The topological polar surface area (TPSA) is 134 Å². The highest BCUT2D eigenvalue weighted by molar-refractivity contribution is 5.92. The lowest BCUT2D eigenvalue weighted by atomic mass is 10.2. The number of imidazole rings is 1. The van der Waals surface area contributed by atoms with E-state index < -0.39 is 11.8 Å². The number of halogens is 1. The highest BCUT2D eigenvalue weighted by atomic mass is 19.1. The van der Waals surface area contributed by atoms with E-state index in [-0.39, 0.29) is 23.7 Å². The number of aromatic nitrogens is 2. The predicted octanol–water partition coefficient (Wildman–Crippen LogP) is 4.11. The Morgan fingerprint density at radius 2 is 1.84 bits per heavy atom. The molecule has 0 saturated carbocycles. The lowest BCUT2D eigenvalue weighted by Gasteiger charge is -2.31. The number of furan rings is 1. The molecule has 2 aromatic carbocycles. The molecule has 11 nitrogen and oxygen atoms in total. The fourth-order valence-electron chi connectivity index (χ4n) is 4.24. The maximum absolute atomic E-state index is 13.4. The van der Waals surface area contributed by atoms with Crippen molar-refractivity contribution in [3.63, 3.8) is 0 Å². The molecule has 0 aliphatic carbocycles. The molecule has 0 spiro atoms. The third-order valence-corrected chi connectivity index (χ3v) is 6.99. The molecule has 4 aromatic rings. The monoisotopic (exact) mass is 591 g/mol. The van der Waals surface area contributed by atoms with Crippen molar-refractivity contribution in [2.75, 3.05) is 46.4 Å². The molecule has 0 bridgehead atoms. The molecule has 0 radical (unpaired) electrons. The first-order chi connectivity index (χ1) is 20.8. The molecular weight excluding hydrogens is 557 g/mol. The van der Waals surface area contributed by atoms with Gasteiger partial charge in [0.1, 0.15) is 18.2 Å². The first-order valence-corrected chi connectivity index (χ1v) is 13.8. The fourth-order valence-corrected chi connectivity index (χ4v) is 4.24. The number of rotatable bonds is 7. The van der Waals surface area contributed by atoms with Crippen LogP contribution in [0.15, 0.2) is 52.9 Å². The summed E-state index contributed by atoms with van der Waals surface area (Å²) in [5.74, 6) is 0.0971. The number of piperazine rings is 1. The van der Waals surface area contributed by atoms with Gasteiger partial charge in [-0.25, -0.2) is 14.2 Å². The van der Waals surface area contributed by atoms with Gasteiger partial charge >= 0.3 is 5.97 Å². The molecular formula is C31H34FN5O6. The minimum Gasteiger partial charge on any atom is -0.483 e. The number of aldehydes is 1. The number of carboxylic acid groups (broad SMARTS) is 1. The van der Waals surface area contributed by atoms with E-state index in [0.717, 1.165) is 68.9 Å². The van der Waals surface area contributed by atoms with Crippen LogP contribution in [-0.2, 0) is 24.9 Å². The number of hydrogen-bond donors (Lipinski definition) is 1. The van der Waals surface area contributed by atoms with Gasteiger partial charge < -0.3 is 28.5 Å². The average Bonchev–Trinajstić information content (AvgIpc) is 3.56. The van der Waals surface area contributed by atoms with Crippen LogP contribution < -0.4 is 4.74 Å². The van der Waals surface area contributed by atoms with E-state index >= 15 is 0 Å². The SMILES string of the molecule is C1COC1.CN1CCN(Cc2nc3ccc(C(=O)O)cc3n2C)CC1.N#Cc1ccc(OCc2ccc(C=O)o2)c(F)c1. The number of carbonyl (C=O) groups is 2. The van der Waals surface area contributed by atoms with Crippen molar-refractivity contribution >= 4 is 23.3 Å². The summed E-state index contributed by atoms with van der Waals surface area (Å²) >= 11 is 0. The summed E-state index contributed by atoms with van der Waals surface area (Å²) in [6.45, 7) is 7.05. The van der Waals surface area contributed by atoms with Gasteiger partial charge in [0.25, 0.3) is 0 Å². The molecule has 6 rings (SSSR count). The zero-order valence-electron chi connectivity index (χ0n) is 24.2. The Bertz CT molecular complexity index is 1580. The number of ether oxygens (including phenoxy) is 2. The highest BCUT2D eigenvalue weighted by Crippen LogP contribution is 2.20. The minimum absolute atomic E-state index is 0.0106. The first kappa shape index (κ1) is 31.4. The van der Waals surface area contributed by atoms with E-state index in [2.05, 4.69) is 21.8 Å². The Balaban J connectivity index is 0.000000176. The number of hydrogen-bond acceptors (Lipinski definition) is 9. The molecule has 0 atom stereocenters. The van der Waals surface area contributed by atoms with Crippen LogP contribution in [0.25, 0.3) is 11.0 Å². The van der Waals surface area contributed by atoms with Gasteiger partial charge in [0, 0.05) is 46.4 Å². The van der Waals surface area contributed by atoms with Gasteiger partial charge in [0.15, 0.2) is 23.6 Å². The van der Waals surface area contributed by atoms with Gasteiger partial charge in [-0.2, -0.15) is 5.26 Å². The Morgan fingerprint density at radius 1 is 1.12 bits per heavy atom. The molecule has 2 fully saturated rings. The van der Waals surface area contributed by atoms with Gasteiger partial charge in [-0.15, -0.1) is 0 Å². The third kappa shape index (κ3) is 8.71. The number of fused-ring (bicyclic) bond motifs is 1. The van der Waals surface area contributed by atoms with Crippen molar-refractivity contribution < 1.29 is 33.0 Å². The molecule has 2 aliphatic rings. The van der Waals surface area contributed by atoms with Gasteiger partial charge in [-0.1, -0.05) is 0 Å². The summed E-state index contributed by atoms with van der Waals surface area (Å²) in [7, 11) is 4.09. The number of nitrogens with zero attached hydrogens (tertiary/aromatic N) is 5. The van der Waals surface area contributed by atoms with E-state index in [0.29, 0.717) is 17.6 Å². The van der Waals surface area contributed by atoms with Crippen molar-refractivity contribution in [1.82, 2.24) is 19.4 Å². The number of benzene rings is 2. The molecule has 12 heteroatoms. The lowest BCUT2D eigenvalue weighted by Crippen LogP contribution is -2.44. The van der Waals surface area contributed by atoms with Crippen LogP contribution >= 0.6 is 0 Å². The Labute approximate surface area is 248 Å². The number of aromatic carboxylic acids is 1. The molecule has 1 N–H and O–H groups in total. The Kier molecular flexibility index (Phi) is 11.0. The Hall–Kier alpha value is -4.57. The summed E-state index contributed by atoms with van der Waals surface area (Å²) in [5, 5.41) is 17.7. The van der Waals surface area contributed by atoms with Gasteiger partial charge in [-0.3, -0.25) is 9.69 Å². The lowest BCUT2D eigenvalue weighted by molar-refractivity contribution is 0.0367. The van der Waals surface area contributed by atoms with Crippen LogP contribution in [-0.4, -0.2) is 83.2 Å². The maximum atomic E-state index is 13.4. The van der Waals surface area contributed by atoms with E-state index in [4.69, 9.17) is 24.3 Å². The maximum Gasteiger partial charge on any atom is 0.335 e. The molecule has 0 amide bonds. The standard InChI is InChI=1S/C15H20N4O2.C13H8FNO3.C3H6O/c1-17-5-7-19(8-6-17)10-14-16-12-4-3-11(15(20)21)9-13(12)18(14)2;14-12-5-9(6-15)1-4-13(12)17-8-11-3-2-10(7-16)18-11;1-2-4-3-1/h3-4,9H,5-8,10H2,1-2H3,(H,20,21);1-5,7H,8H2;1-3H2. The quantitative estimate of drug-likeness (QED) is 0.313. The summed E-state index contributed by atoms with van der Waals surface area (Å²) in [6, 6.07) is 13.9. The Morgan fingerprint density at radius 3 is 2.42 bits per heavy atom. The zero-order chi connectivity index (χ0) is 30.8. The highest BCUT2D eigenvalue weighted by Gasteiger charge is 2.17. The fraction of sp³-hybridized carbons (Fsp3) is 0.355. The van der Waals surface area contributed by atoms with E-state index in [9.17, 15) is 14.0 Å². The molecule has 0 unspecified atom stereocenters. The van der Waals surface area contributed by atoms with Gasteiger partial charge in [0.2, 0.25) is 0 Å². The van der Waals surface area contributed by atoms with E-state index in [1.165, 1.54) is 24.6 Å². The van der Waals surface area contributed by atoms with Crippen molar-refractivity contribution in [2.24, 2.45) is 7.05 Å². The second-order valence-corrected chi connectivity index (χ2v) is 10.1. The van der Waals surface area contributed by atoms with Crippen LogP contribution in [0.2, 0.25) is 0 Å². The number of aryl methyl sites for hydroxylation is 1. The number of likely N-dealkylation sites (N-methyl/N-ethyl adjacent to an activating group) is 1. The van der Waals surface area contributed by atoms with Crippen molar-refractivity contribution in [2.45, 2.75) is 19.6 Å². The molecule has 226 valence electrons. The van der Waals surface area contributed by atoms with E-state index in [1.807, 2.05) is 17.7 Å². The van der Waals surface area contributed by atoms with Crippen LogP contribution in [0.1, 0.15) is 44.5 Å². The summed E-state index contributed by atoms with van der Waals surface area (Å²) in [4.78, 5) is 30.8. The van der Waals surface area contributed by atoms with Gasteiger partial charge in [0.05, 0.1) is 34.8 Å². The second-order valence-electron chi connectivity index (χ2n) is 10.1. The molecule has 4 heterocycles. The molecule has 43 heavy (non-hydrogen) atoms. The summed E-state index contributed by atoms with van der Waals surface area (Å²) < 4.78 is 30.4. The second kappa shape index (κ2) is 15.1. The van der Waals surface area contributed by atoms with Crippen molar-refractivity contribution in [1.29, 1.82) is 5.26 Å². The number of carboxylic acids is 1. The predicted molar refractivity (Wildman–Crippen MR) is 155 cm³/mol. The van der Waals surface area contributed by atoms with Crippen LogP contribution in [0, 0.1) is 17.1 Å². The number of nitriles is 1. The molecule has 2 aliphatic heterocycles. The minimum atomic E-state index is -0.904. The third-order valence-electron chi connectivity index (χ3n) is 6.99. The van der Waals surface area contributed by atoms with Crippen molar-refractivity contribution in [3.05, 3.63) is 82.8 Å². The normalized spacial score (nSPS) is 14.8. The smallest absolute Gasteiger partial charge is 0.335 e. The van der Waals surface area contributed by atoms with Gasteiger partial charge in [-0.05, 0) is 62.0 Å². The first-order valence-electron chi connectivity index (χ1n) is 13.8. The molecule has 2 saturated heterocycles. The zero-order valence-corrected chi connectivity index (χ0v) is 24.2. The van der Waals surface area contributed by atoms with Crippen LogP contribution in [0.3, 0.4) is 0 Å². The summed E-state index contributed by atoms with van der Waals surface area (Å²) in [6.07, 6.45) is 1.85. The summed E-state index contributed by atoms with van der Waals surface area (Å²) in [5.41, 5.74) is 2.25. The number of carbonyl (C=O) groups excluding carboxylic acids is 1. The van der Waals surface area contributed by atoms with Crippen molar-refractivity contribution in [3.8, 4) is 11.8 Å². The van der Waals surface area contributed by atoms with Crippen LogP contribution in [0.5, 0.6) is 5.75 Å².